The monoisotopic (exact) mass is 423 g/mol. The van der Waals surface area contributed by atoms with E-state index in [0.717, 1.165) is 39.6 Å². The number of halogens is 1. The lowest BCUT2D eigenvalue weighted by Gasteiger charge is -2.20. The van der Waals surface area contributed by atoms with E-state index in [1.807, 2.05) is 22.4 Å². The van der Waals surface area contributed by atoms with Gasteiger partial charge in [0, 0.05) is 11.4 Å². The van der Waals surface area contributed by atoms with E-state index < -0.39 is 0 Å². The number of amides is 1. The SMILES string of the molecule is CCc1ccc2nc(N(CCCN(C)C)C(=O)Cc3cccs3)sc2c1.Cl. The molecule has 0 bridgehead atoms. The fraction of sp³-hybridized carbons (Fsp3) is 0.400. The Morgan fingerprint density at radius 3 is 2.67 bits per heavy atom. The third kappa shape index (κ3) is 5.75. The number of thiazole rings is 1. The molecule has 0 saturated heterocycles. The molecule has 3 rings (SSSR count). The first kappa shape index (κ1) is 21.8. The molecule has 2 heterocycles. The highest BCUT2D eigenvalue weighted by Gasteiger charge is 2.20. The van der Waals surface area contributed by atoms with Crippen molar-refractivity contribution in [1.29, 1.82) is 0 Å². The first-order valence-electron chi connectivity index (χ1n) is 8.93. The lowest BCUT2D eigenvalue weighted by Crippen LogP contribution is -2.34. The molecule has 27 heavy (non-hydrogen) atoms. The predicted octanol–water partition coefficient (Wildman–Crippen LogP) is 4.87. The lowest BCUT2D eigenvalue weighted by atomic mass is 10.2. The van der Waals surface area contributed by atoms with Crippen molar-refractivity contribution in [3.8, 4) is 0 Å². The number of hydrogen-bond donors (Lipinski definition) is 0. The molecule has 146 valence electrons. The Balaban J connectivity index is 0.00000261. The highest BCUT2D eigenvalue weighted by molar-refractivity contribution is 7.22. The zero-order chi connectivity index (χ0) is 18.5. The van der Waals surface area contributed by atoms with E-state index in [1.165, 1.54) is 5.56 Å². The summed E-state index contributed by atoms with van der Waals surface area (Å²) in [4.78, 5) is 22.8. The average Bonchev–Trinajstić information content (AvgIpc) is 3.26. The number of carbonyl (C=O) groups excluding carboxylic acids is 1. The molecule has 0 radical (unpaired) electrons. The smallest absolute Gasteiger partial charge is 0.234 e. The fourth-order valence-corrected chi connectivity index (χ4v) is 4.59. The summed E-state index contributed by atoms with van der Waals surface area (Å²) in [6.07, 6.45) is 2.38. The zero-order valence-corrected chi connectivity index (χ0v) is 18.4. The van der Waals surface area contributed by atoms with Crippen molar-refractivity contribution < 1.29 is 4.79 Å². The van der Waals surface area contributed by atoms with Crippen LogP contribution in [0.15, 0.2) is 35.7 Å². The summed E-state index contributed by atoms with van der Waals surface area (Å²) in [6, 6.07) is 10.4. The molecule has 0 spiro atoms. The third-order valence-electron chi connectivity index (χ3n) is 4.27. The van der Waals surface area contributed by atoms with Gasteiger partial charge in [-0.2, -0.15) is 0 Å². The summed E-state index contributed by atoms with van der Waals surface area (Å²) >= 11 is 3.25. The average molecular weight is 424 g/mol. The Morgan fingerprint density at radius 2 is 2.00 bits per heavy atom. The number of benzene rings is 1. The van der Waals surface area contributed by atoms with E-state index in [0.29, 0.717) is 13.0 Å². The number of aromatic nitrogens is 1. The van der Waals surface area contributed by atoms with Crippen molar-refractivity contribution in [3.63, 3.8) is 0 Å². The summed E-state index contributed by atoms with van der Waals surface area (Å²) in [5.74, 6) is 0.126. The van der Waals surface area contributed by atoms with Crippen LogP contribution in [0.3, 0.4) is 0 Å². The van der Waals surface area contributed by atoms with Gasteiger partial charge in [0.1, 0.15) is 0 Å². The van der Waals surface area contributed by atoms with Gasteiger partial charge in [0.15, 0.2) is 5.13 Å². The number of anilines is 1. The van der Waals surface area contributed by atoms with Crippen molar-refractivity contribution in [2.75, 3.05) is 32.1 Å². The van der Waals surface area contributed by atoms with Crippen molar-refractivity contribution in [2.45, 2.75) is 26.2 Å². The Kier molecular flexibility index (Phi) is 8.23. The van der Waals surface area contributed by atoms with E-state index in [2.05, 4.69) is 44.1 Å². The maximum Gasteiger partial charge on any atom is 0.234 e. The van der Waals surface area contributed by atoms with Crippen LogP contribution in [0.4, 0.5) is 5.13 Å². The van der Waals surface area contributed by atoms with Gasteiger partial charge in [-0.15, -0.1) is 23.7 Å². The molecule has 7 heteroatoms. The van der Waals surface area contributed by atoms with Gasteiger partial charge in [0.2, 0.25) is 5.91 Å². The largest absolute Gasteiger partial charge is 0.309 e. The molecule has 2 aromatic heterocycles. The topological polar surface area (TPSA) is 36.4 Å². The summed E-state index contributed by atoms with van der Waals surface area (Å²) in [7, 11) is 4.11. The molecular weight excluding hydrogens is 398 g/mol. The first-order chi connectivity index (χ1) is 12.6. The van der Waals surface area contributed by atoms with Crippen LogP contribution in [-0.2, 0) is 17.6 Å². The second kappa shape index (κ2) is 10.2. The number of aryl methyl sites for hydroxylation is 1. The Bertz CT molecular complexity index is 861. The fourth-order valence-electron chi connectivity index (χ4n) is 2.82. The molecule has 1 amide bonds. The summed E-state index contributed by atoms with van der Waals surface area (Å²) in [5.41, 5.74) is 2.28. The van der Waals surface area contributed by atoms with Gasteiger partial charge in [-0.05, 0) is 62.6 Å². The van der Waals surface area contributed by atoms with Gasteiger partial charge in [0.05, 0.1) is 16.6 Å². The van der Waals surface area contributed by atoms with E-state index in [1.54, 1.807) is 22.7 Å². The first-order valence-corrected chi connectivity index (χ1v) is 10.6. The van der Waals surface area contributed by atoms with E-state index in [-0.39, 0.29) is 18.3 Å². The van der Waals surface area contributed by atoms with Gasteiger partial charge in [-0.3, -0.25) is 9.69 Å². The van der Waals surface area contributed by atoms with Gasteiger partial charge in [-0.25, -0.2) is 4.98 Å². The highest BCUT2D eigenvalue weighted by Crippen LogP contribution is 2.30. The molecule has 0 N–H and O–H groups in total. The molecular formula is C20H26ClN3OS2. The Morgan fingerprint density at radius 1 is 1.19 bits per heavy atom. The van der Waals surface area contributed by atoms with Crippen LogP contribution < -0.4 is 4.90 Å². The maximum absolute atomic E-state index is 13.0. The number of hydrogen-bond acceptors (Lipinski definition) is 5. The maximum atomic E-state index is 13.0. The van der Waals surface area contributed by atoms with Crippen molar-refractivity contribution >= 4 is 56.3 Å². The molecule has 0 aliphatic carbocycles. The van der Waals surface area contributed by atoms with Gasteiger partial charge in [0.25, 0.3) is 0 Å². The summed E-state index contributed by atoms with van der Waals surface area (Å²) in [5, 5.41) is 2.83. The molecule has 0 atom stereocenters. The molecule has 4 nitrogen and oxygen atoms in total. The van der Waals surface area contributed by atoms with E-state index in [9.17, 15) is 4.79 Å². The van der Waals surface area contributed by atoms with Crippen molar-refractivity contribution in [1.82, 2.24) is 9.88 Å². The van der Waals surface area contributed by atoms with Crippen LogP contribution in [0.5, 0.6) is 0 Å². The molecule has 0 aliphatic heterocycles. The van der Waals surface area contributed by atoms with Crippen molar-refractivity contribution in [2.24, 2.45) is 0 Å². The van der Waals surface area contributed by atoms with Crippen LogP contribution >= 0.6 is 35.1 Å². The van der Waals surface area contributed by atoms with Crippen molar-refractivity contribution in [3.05, 3.63) is 46.2 Å². The zero-order valence-electron chi connectivity index (χ0n) is 16.0. The minimum Gasteiger partial charge on any atom is -0.309 e. The Hall–Kier alpha value is -1.47. The lowest BCUT2D eigenvalue weighted by molar-refractivity contribution is -0.118. The summed E-state index contributed by atoms with van der Waals surface area (Å²) in [6.45, 7) is 3.80. The molecule has 0 unspecified atom stereocenters. The molecule has 3 aromatic rings. The van der Waals surface area contributed by atoms with Gasteiger partial charge < -0.3 is 4.90 Å². The van der Waals surface area contributed by atoms with Crippen LogP contribution in [0.1, 0.15) is 23.8 Å². The van der Waals surface area contributed by atoms with Crippen LogP contribution in [0.25, 0.3) is 10.2 Å². The molecule has 0 fully saturated rings. The quantitative estimate of drug-likeness (QED) is 0.518. The van der Waals surface area contributed by atoms with E-state index in [4.69, 9.17) is 4.98 Å². The number of nitrogens with zero attached hydrogens (tertiary/aromatic N) is 3. The number of thiophene rings is 1. The highest BCUT2D eigenvalue weighted by atomic mass is 35.5. The minimum absolute atomic E-state index is 0. The number of fused-ring (bicyclic) bond motifs is 1. The van der Waals surface area contributed by atoms with Crippen LogP contribution in [-0.4, -0.2) is 43.0 Å². The number of rotatable bonds is 8. The van der Waals surface area contributed by atoms with Gasteiger partial charge >= 0.3 is 0 Å². The normalized spacial score (nSPS) is 11.0. The van der Waals surface area contributed by atoms with Gasteiger partial charge in [-0.1, -0.05) is 30.4 Å². The predicted molar refractivity (Wildman–Crippen MR) is 120 cm³/mol. The van der Waals surface area contributed by atoms with Crippen LogP contribution in [0.2, 0.25) is 0 Å². The molecule has 0 saturated carbocycles. The Labute approximate surface area is 175 Å². The second-order valence-corrected chi connectivity index (χ2v) is 8.65. The van der Waals surface area contributed by atoms with E-state index >= 15 is 0 Å². The molecule has 1 aromatic carbocycles. The molecule has 0 aliphatic rings. The summed E-state index contributed by atoms with van der Waals surface area (Å²) < 4.78 is 1.15. The number of carbonyl (C=O) groups is 1. The second-order valence-electron chi connectivity index (χ2n) is 6.61. The minimum atomic E-state index is 0. The standard InChI is InChI=1S/C20H25N3OS2.ClH/c1-4-15-8-9-17-18(13-15)26-20(21-17)23(11-6-10-22(2)3)19(24)14-16-7-5-12-25-16;/h5,7-9,12-13H,4,6,10-11,14H2,1-3H3;1H. The van der Waals surface area contributed by atoms with Crippen LogP contribution in [0, 0.1) is 0 Å². The third-order valence-corrected chi connectivity index (χ3v) is 6.19.